The topological polar surface area (TPSA) is 171 Å². The summed E-state index contributed by atoms with van der Waals surface area (Å²) in [4.78, 5) is 44.9. The highest BCUT2D eigenvalue weighted by atomic mass is 16.5. The number of aliphatic carboxylic acids is 4. The molecule has 0 aliphatic carbocycles. The molecule has 0 aliphatic rings. The number of rotatable bonds is 15. The van der Waals surface area contributed by atoms with Crippen molar-refractivity contribution in [1.82, 2.24) is 4.90 Å². The van der Waals surface area contributed by atoms with Gasteiger partial charge < -0.3 is 29.9 Å². The lowest BCUT2D eigenvalue weighted by Gasteiger charge is -2.28. The zero-order chi connectivity index (χ0) is 19.4. The van der Waals surface area contributed by atoms with Crippen molar-refractivity contribution >= 4 is 23.9 Å². The fourth-order valence-electron chi connectivity index (χ4n) is 1.98. The van der Waals surface area contributed by atoms with Gasteiger partial charge in [-0.3, -0.25) is 19.3 Å². The van der Waals surface area contributed by atoms with Crippen LogP contribution in [0, 0.1) is 0 Å². The van der Waals surface area contributed by atoms with Gasteiger partial charge >= 0.3 is 23.9 Å². The van der Waals surface area contributed by atoms with Crippen molar-refractivity contribution in [2.75, 3.05) is 32.9 Å². The number of carboxylic acid groups (broad SMARTS) is 4. The Balaban J connectivity index is 4.85. The van der Waals surface area contributed by atoms with Crippen LogP contribution in [0.2, 0.25) is 0 Å². The van der Waals surface area contributed by atoms with Crippen LogP contribution in [0.3, 0.4) is 0 Å². The monoisotopic (exact) mass is 365 g/mol. The van der Waals surface area contributed by atoms with Gasteiger partial charge in [-0.25, -0.2) is 4.79 Å². The molecule has 0 heterocycles. The van der Waals surface area contributed by atoms with Gasteiger partial charge in [-0.05, 0) is 6.92 Å². The van der Waals surface area contributed by atoms with Crippen molar-refractivity contribution in [1.29, 1.82) is 0 Å². The van der Waals surface area contributed by atoms with Crippen LogP contribution in [-0.2, 0) is 28.7 Å². The third kappa shape index (κ3) is 10.3. The van der Waals surface area contributed by atoms with Gasteiger partial charge in [0.05, 0.1) is 26.1 Å². The first-order valence-corrected chi connectivity index (χ1v) is 7.51. The summed E-state index contributed by atoms with van der Waals surface area (Å²) in [5.41, 5.74) is 0. The fourth-order valence-corrected chi connectivity index (χ4v) is 1.98. The van der Waals surface area contributed by atoms with E-state index in [0.717, 1.165) is 0 Å². The van der Waals surface area contributed by atoms with Crippen LogP contribution in [0.4, 0.5) is 0 Å². The van der Waals surface area contributed by atoms with Gasteiger partial charge in [-0.15, -0.1) is 0 Å². The second kappa shape index (κ2) is 12.2. The molecular formula is C14H23NO10. The molecular weight excluding hydrogens is 342 g/mol. The van der Waals surface area contributed by atoms with Crippen molar-refractivity contribution in [3.63, 3.8) is 0 Å². The first kappa shape index (κ1) is 22.8. The molecule has 11 heteroatoms. The third-order valence-electron chi connectivity index (χ3n) is 3.15. The van der Waals surface area contributed by atoms with E-state index < -0.39 is 48.9 Å². The molecule has 0 spiro atoms. The van der Waals surface area contributed by atoms with Gasteiger partial charge in [-0.2, -0.15) is 0 Å². The Morgan fingerprint density at radius 1 is 0.880 bits per heavy atom. The molecule has 2 atom stereocenters. The molecule has 0 radical (unpaired) electrons. The van der Waals surface area contributed by atoms with Crippen molar-refractivity contribution in [2.45, 2.75) is 31.9 Å². The maximum Gasteiger partial charge on any atom is 0.333 e. The normalized spacial score (nSPS) is 13.4. The number of carboxylic acids is 4. The fraction of sp³-hybridized carbons (Fsp3) is 0.714. The third-order valence-corrected chi connectivity index (χ3v) is 3.15. The van der Waals surface area contributed by atoms with Gasteiger partial charge in [0.2, 0.25) is 0 Å². The average molecular weight is 365 g/mol. The number of hydrogen-bond acceptors (Lipinski definition) is 7. The number of hydrogen-bond donors (Lipinski definition) is 4. The van der Waals surface area contributed by atoms with Crippen molar-refractivity contribution in [3.05, 3.63) is 0 Å². The first-order chi connectivity index (χ1) is 11.7. The lowest BCUT2D eigenvalue weighted by molar-refractivity contribution is -0.158. The van der Waals surface area contributed by atoms with E-state index in [9.17, 15) is 24.3 Å². The minimum Gasteiger partial charge on any atom is -0.481 e. The second-order valence-corrected chi connectivity index (χ2v) is 4.98. The summed E-state index contributed by atoms with van der Waals surface area (Å²) in [5, 5.41) is 35.6. The molecule has 0 bridgehead atoms. The van der Waals surface area contributed by atoms with E-state index in [2.05, 4.69) is 0 Å². The minimum absolute atomic E-state index is 0.0954. The molecule has 4 N–H and O–H groups in total. The summed E-state index contributed by atoms with van der Waals surface area (Å²) in [6.45, 7) is 2.00. The number of ether oxygens (including phenoxy) is 2. The Hall–Kier alpha value is -2.24. The Morgan fingerprint density at radius 3 is 1.88 bits per heavy atom. The van der Waals surface area contributed by atoms with Crippen LogP contribution < -0.4 is 0 Å². The van der Waals surface area contributed by atoms with Gasteiger partial charge in [0.25, 0.3) is 0 Å². The zero-order valence-electron chi connectivity index (χ0n) is 13.8. The molecule has 0 rings (SSSR count). The lowest BCUT2D eigenvalue weighted by Crippen LogP contribution is -2.46. The molecule has 11 nitrogen and oxygen atoms in total. The average Bonchev–Trinajstić information content (AvgIpc) is 2.49. The highest BCUT2D eigenvalue weighted by Crippen LogP contribution is 2.07. The molecule has 0 aromatic carbocycles. The Labute approximate surface area is 143 Å². The van der Waals surface area contributed by atoms with Gasteiger partial charge in [0, 0.05) is 19.7 Å². The second-order valence-electron chi connectivity index (χ2n) is 4.98. The Morgan fingerprint density at radius 2 is 1.44 bits per heavy atom. The summed E-state index contributed by atoms with van der Waals surface area (Å²) < 4.78 is 10.1. The summed E-state index contributed by atoms with van der Waals surface area (Å²) >= 11 is 0. The van der Waals surface area contributed by atoms with Crippen LogP contribution in [0.5, 0.6) is 0 Å². The maximum absolute atomic E-state index is 11.3. The van der Waals surface area contributed by atoms with Gasteiger partial charge in [-0.1, -0.05) is 0 Å². The molecule has 0 aromatic rings. The summed E-state index contributed by atoms with van der Waals surface area (Å²) in [7, 11) is 0. The van der Waals surface area contributed by atoms with Crippen LogP contribution in [0.15, 0.2) is 0 Å². The molecule has 0 saturated carbocycles. The Bertz CT molecular complexity index is 467. The van der Waals surface area contributed by atoms with Crippen LogP contribution in [0.25, 0.3) is 0 Å². The minimum atomic E-state index is -1.58. The first-order valence-electron chi connectivity index (χ1n) is 7.51. The van der Waals surface area contributed by atoms with Crippen LogP contribution in [0.1, 0.15) is 19.8 Å². The molecule has 0 amide bonds. The van der Waals surface area contributed by atoms with Crippen molar-refractivity contribution in [2.24, 2.45) is 0 Å². The SMILES string of the molecule is CCOCCN(CCOC(CC(=O)O)C(=O)O)C(CC(=O)O)C(=O)O. The zero-order valence-corrected chi connectivity index (χ0v) is 13.8. The highest BCUT2D eigenvalue weighted by Gasteiger charge is 2.29. The predicted octanol–water partition coefficient (Wildman–Crippen LogP) is -0.803. The van der Waals surface area contributed by atoms with E-state index in [1.165, 1.54) is 4.90 Å². The van der Waals surface area contributed by atoms with Crippen LogP contribution >= 0.6 is 0 Å². The standard InChI is InChI=1S/C14H23NO10/c1-2-24-5-3-15(9(13(20)21)7-11(16)17)4-6-25-10(14(22)23)8-12(18)19/h9-10H,2-8H2,1H3,(H,16,17)(H,18,19)(H,20,21)(H,22,23). The summed E-state index contributed by atoms with van der Waals surface area (Å²) in [6, 6.07) is -1.34. The molecule has 0 saturated heterocycles. The van der Waals surface area contributed by atoms with Crippen molar-refractivity contribution in [3.8, 4) is 0 Å². The molecule has 25 heavy (non-hydrogen) atoms. The lowest BCUT2D eigenvalue weighted by atomic mass is 10.1. The van der Waals surface area contributed by atoms with Crippen LogP contribution in [-0.4, -0.2) is 94.3 Å². The van der Waals surface area contributed by atoms with E-state index in [1.807, 2.05) is 0 Å². The van der Waals surface area contributed by atoms with E-state index in [1.54, 1.807) is 6.92 Å². The quantitative estimate of drug-likeness (QED) is 0.268. The summed E-state index contributed by atoms with van der Waals surface area (Å²) in [6.07, 6.45) is -2.97. The number of nitrogens with zero attached hydrogens (tertiary/aromatic N) is 1. The number of carbonyl (C=O) groups is 4. The van der Waals surface area contributed by atoms with Crippen molar-refractivity contribution < 1.29 is 49.1 Å². The molecule has 0 aromatic heterocycles. The van der Waals surface area contributed by atoms with E-state index in [0.29, 0.717) is 6.61 Å². The Kier molecular flexibility index (Phi) is 11.1. The van der Waals surface area contributed by atoms with Gasteiger partial charge in [0.15, 0.2) is 6.10 Å². The summed E-state index contributed by atoms with van der Waals surface area (Å²) in [5.74, 6) is -5.46. The van der Waals surface area contributed by atoms with E-state index in [4.69, 9.17) is 24.8 Å². The molecule has 2 unspecified atom stereocenters. The van der Waals surface area contributed by atoms with Gasteiger partial charge in [0.1, 0.15) is 6.04 Å². The molecule has 0 aliphatic heterocycles. The predicted molar refractivity (Wildman–Crippen MR) is 81.4 cm³/mol. The largest absolute Gasteiger partial charge is 0.481 e. The highest BCUT2D eigenvalue weighted by molar-refractivity contribution is 5.80. The molecule has 144 valence electrons. The molecule has 0 fully saturated rings. The van der Waals surface area contributed by atoms with E-state index >= 15 is 0 Å². The van der Waals surface area contributed by atoms with E-state index in [-0.39, 0.29) is 26.3 Å². The maximum atomic E-state index is 11.3. The smallest absolute Gasteiger partial charge is 0.333 e.